The maximum atomic E-state index is 13.4. The highest BCUT2D eigenvalue weighted by atomic mass is 16.6. The molecule has 1 saturated heterocycles. The lowest BCUT2D eigenvalue weighted by molar-refractivity contribution is -0.144. The van der Waals surface area contributed by atoms with Crippen molar-refractivity contribution in [3.05, 3.63) is 59.7 Å². The van der Waals surface area contributed by atoms with Crippen molar-refractivity contribution in [1.29, 1.82) is 0 Å². The lowest BCUT2D eigenvalue weighted by Gasteiger charge is -2.34. The molecule has 1 heterocycles. The van der Waals surface area contributed by atoms with Crippen LogP contribution in [0.15, 0.2) is 48.5 Å². The van der Waals surface area contributed by atoms with E-state index in [1.807, 2.05) is 24.3 Å². The van der Waals surface area contributed by atoms with Crippen LogP contribution < -0.4 is 5.32 Å². The van der Waals surface area contributed by atoms with Gasteiger partial charge in [-0.2, -0.15) is 0 Å². The van der Waals surface area contributed by atoms with Crippen LogP contribution in [-0.4, -0.2) is 53.8 Å². The van der Waals surface area contributed by atoms with Gasteiger partial charge in [-0.1, -0.05) is 55.5 Å². The van der Waals surface area contributed by atoms with Crippen molar-refractivity contribution in [3.8, 4) is 11.1 Å². The minimum Gasteiger partial charge on any atom is -0.481 e. The predicted octanol–water partition coefficient (Wildman–Crippen LogP) is 4.24. The summed E-state index contributed by atoms with van der Waals surface area (Å²) in [5.41, 5.74) is 3.91. The largest absolute Gasteiger partial charge is 0.481 e. The van der Waals surface area contributed by atoms with Crippen molar-refractivity contribution >= 4 is 12.1 Å². The fraction of sp³-hybridized carbons (Fsp3) is 0.462. The van der Waals surface area contributed by atoms with Crippen molar-refractivity contribution in [2.45, 2.75) is 50.6 Å². The number of carboxylic acid groups (broad SMARTS) is 1. The Morgan fingerprint density at radius 2 is 1.72 bits per heavy atom. The molecule has 1 saturated carbocycles. The van der Waals surface area contributed by atoms with Gasteiger partial charge in [0, 0.05) is 18.5 Å². The number of hydrogen-bond donors (Lipinski definition) is 2. The van der Waals surface area contributed by atoms with Crippen LogP contribution in [0.5, 0.6) is 0 Å². The molecular weight excluding hydrogens is 404 g/mol. The van der Waals surface area contributed by atoms with E-state index in [2.05, 4.69) is 36.5 Å². The molecule has 3 aliphatic rings. The van der Waals surface area contributed by atoms with E-state index in [1.165, 1.54) is 22.3 Å². The molecule has 168 valence electrons. The molecule has 6 heteroatoms. The third-order valence-corrected chi connectivity index (χ3v) is 7.50. The van der Waals surface area contributed by atoms with Crippen LogP contribution in [0, 0.1) is 5.41 Å². The number of fused-ring (bicyclic) bond motifs is 3. The molecule has 1 aliphatic heterocycles. The van der Waals surface area contributed by atoms with Crippen LogP contribution in [0.3, 0.4) is 0 Å². The first kappa shape index (κ1) is 21.0. The first-order chi connectivity index (χ1) is 15.5. The molecule has 2 aromatic carbocycles. The molecule has 0 unspecified atom stereocenters. The van der Waals surface area contributed by atoms with Gasteiger partial charge in [0.05, 0.1) is 11.5 Å². The van der Waals surface area contributed by atoms with Gasteiger partial charge in [0.15, 0.2) is 0 Å². The van der Waals surface area contributed by atoms with Crippen LogP contribution in [0.1, 0.15) is 49.7 Å². The Morgan fingerprint density at radius 3 is 2.28 bits per heavy atom. The Kier molecular flexibility index (Phi) is 5.41. The first-order valence-electron chi connectivity index (χ1n) is 11.6. The van der Waals surface area contributed by atoms with Gasteiger partial charge in [-0.3, -0.25) is 4.79 Å². The summed E-state index contributed by atoms with van der Waals surface area (Å²) in [4.78, 5) is 26.9. The smallest absolute Gasteiger partial charge is 0.410 e. The second kappa shape index (κ2) is 8.24. The molecule has 0 spiro atoms. The Hall–Kier alpha value is -2.86. The molecule has 32 heavy (non-hydrogen) atoms. The van der Waals surface area contributed by atoms with Gasteiger partial charge in [0.25, 0.3) is 0 Å². The normalized spacial score (nSPS) is 22.8. The number of nitrogens with zero attached hydrogens (tertiary/aromatic N) is 1. The number of benzene rings is 2. The Morgan fingerprint density at radius 1 is 1.09 bits per heavy atom. The van der Waals surface area contributed by atoms with Gasteiger partial charge in [-0.25, -0.2) is 4.79 Å². The Bertz CT molecular complexity index is 986. The maximum Gasteiger partial charge on any atom is 0.410 e. The van der Waals surface area contributed by atoms with Crippen LogP contribution >= 0.6 is 0 Å². The van der Waals surface area contributed by atoms with Crippen LogP contribution in [0.4, 0.5) is 4.79 Å². The van der Waals surface area contributed by atoms with Crippen molar-refractivity contribution in [1.82, 2.24) is 10.2 Å². The average Bonchev–Trinajstić information content (AvgIpc) is 3.34. The highest BCUT2D eigenvalue weighted by Crippen LogP contribution is 2.48. The topological polar surface area (TPSA) is 78.9 Å². The fourth-order valence-electron chi connectivity index (χ4n) is 5.45. The number of carboxylic acids is 1. The highest BCUT2D eigenvalue weighted by Gasteiger charge is 2.53. The summed E-state index contributed by atoms with van der Waals surface area (Å²) >= 11 is 0. The minimum atomic E-state index is -0.813. The van der Waals surface area contributed by atoms with E-state index in [9.17, 15) is 14.7 Å². The predicted molar refractivity (Wildman–Crippen MR) is 122 cm³/mol. The van der Waals surface area contributed by atoms with E-state index in [4.69, 9.17) is 4.74 Å². The lowest BCUT2D eigenvalue weighted by Crippen LogP contribution is -2.50. The number of nitrogens with one attached hydrogen (secondary N) is 1. The third kappa shape index (κ3) is 3.56. The maximum absolute atomic E-state index is 13.4. The zero-order valence-electron chi connectivity index (χ0n) is 18.4. The average molecular weight is 435 g/mol. The van der Waals surface area contributed by atoms with Crippen LogP contribution in [0.2, 0.25) is 0 Å². The fourth-order valence-corrected chi connectivity index (χ4v) is 5.45. The van der Waals surface area contributed by atoms with Crippen molar-refractivity contribution in [3.63, 3.8) is 0 Å². The standard InChI is InChI=1S/C26H30N2O4/c1-2-22-23(11-14-27-22)28(16-26(12-13-26)24(29)30)25(31)32-15-21-19-9-5-3-7-17(19)18-8-4-6-10-20(18)21/h3-10,21-23,27H,2,11-16H2,1H3,(H,29,30)/t22-,23+/m0/s1. The molecule has 0 bridgehead atoms. The Labute approximate surface area is 188 Å². The molecule has 2 aliphatic carbocycles. The number of aliphatic carboxylic acids is 1. The second-order valence-corrected chi connectivity index (χ2v) is 9.34. The lowest BCUT2D eigenvalue weighted by atomic mass is 9.98. The highest BCUT2D eigenvalue weighted by molar-refractivity contribution is 5.80. The quantitative estimate of drug-likeness (QED) is 0.681. The van der Waals surface area contributed by atoms with E-state index < -0.39 is 17.5 Å². The molecule has 2 aromatic rings. The molecule has 0 aromatic heterocycles. The van der Waals surface area contributed by atoms with Crippen LogP contribution in [0.25, 0.3) is 11.1 Å². The van der Waals surface area contributed by atoms with Crippen molar-refractivity contribution in [2.24, 2.45) is 5.41 Å². The summed E-state index contributed by atoms with van der Waals surface area (Å²) in [7, 11) is 0. The van der Waals surface area contributed by atoms with E-state index in [-0.39, 0.29) is 31.2 Å². The molecule has 6 nitrogen and oxygen atoms in total. The van der Waals surface area contributed by atoms with Gasteiger partial charge >= 0.3 is 12.1 Å². The van der Waals surface area contributed by atoms with Gasteiger partial charge in [0.2, 0.25) is 0 Å². The number of hydrogen-bond acceptors (Lipinski definition) is 4. The van der Waals surface area contributed by atoms with E-state index in [0.717, 1.165) is 19.4 Å². The summed E-state index contributed by atoms with van der Waals surface area (Å²) in [6.07, 6.45) is 2.54. The first-order valence-corrected chi connectivity index (χ1v) is 11.6. The molecule has 2 fully saturated rings. The molecule has 2 atom stereocenters. The molecule has 1 amide bonds. The monoisotopic (exact) mass is 434 g/mol. The van der Waals surface area contributed by atoms with Crippen molar-refractivity contribution < 1.29 is 19.4 Å². The van der Waals surface area contributed by atoms with Gasteiger partial charge in [-0.05, 0) is 54.5 Å². The molecule has 2 N–H and O–H groups in total. The third-order valence-electron chi connectivity index (χ3n) is 7.50. The number of ether oxygens (including phenoxy) is 1. The summed E-state index contributed by atoms with van der Waals surface area (Å²) in [6, 6.07) is 16.7. The summed E-state index contributed by atoms with van der Waals surface area (Å²) in [5, 5.41) is 13.2. The zero-order valence-corrected chi connectivity index (χ0v) is 18.4. The SMILES string of the molecule is CC[C@@H]1NCC[C@H]1N(CC1(C(=O)O)CC1)C(=O)OCC1c2ccccc2-c2ccccc21. The molecular formula is C26H30N2O4. The molecule has 5 rings (SSSR count). The molecule has 0 radical (unpaired) electrons. The van der Waals surface area contributed by atoms with E-state index in [0.29, 0.717) is 12.8 Å². The van der Waals surface area contributed by atoms with Gasteiger partial charge < -0.3 is 20.1 Å². The minimum absolute atomic E-state index is 0.00812. The van der Waals surface area contributed by atoms with Gasteiger partial charge in [0.1, 0.15) is 6.61 Å². The summed E-state index contributed by atoms with van der Waals surface area (Å²) in [5.74, 6) is -0.820. The number of amides is 1. The number of carbonyl (C=O) groups excluding carboxylic acids is 1. The van der Waals surface area contributed by atoms with Crippen LogP contribution in [-0.2, 0) is 9.53 Å². The van der Waals surface area contributed by atoms with Crippen molar-refractivity contribution in [2.75, 3.05) is 19.7 Å². The van der Waals surface area contributed by atoms with Gasteiger partial charge in [-0.15, -0.1) is 0 Å². The summed E-state index contributed by atoms with van der Waals surface area (Å²) < 4.78 is 5.93. The van der Waals surface area contributed by atoms with E-state index >= 15 is 0 Å². The zero-order chi connectivity index (χ0) is 22.3. The van der Waals surface area contributed by atoms with E-state index in [1.54, 1.807) is 4.90 Å². The number of rotatable bonds is 7. The second-order valence-electron chi connectivity index (χ2n) is 9.34. The Balaban J connectivity index is 1.37. The number of carbonyl (C=O) groups is 2. The summed E-state index contributed by atoms with van der Waals surface area (Å²) in [6.45, 7) is 3.40.